The van der Waals surface area contributed by atoms with Gasteiger partial charge in [0, 0.05) is 11.8 Å². The van der Waals surface area contributed by atoms with Crippen molar-refractivity contribution in [1.82, 2.24) is 0 Å². The molecular formula is C30H44O2. The second kappa shape index (κ2) is 7.81. The Morgan fingerprint density at radius 1 is 1.12 bits per heavy atom. The Kier molecular flexibility index (Phi) is 5.79. The number of hydrogen-bond acceptors (Lipinski definition) is 2. The minimum Gasteiger partial charge on any atom is -0.299 e. The van der Waals surface area contributed by atoms with Crippen molar-refractivity contribution in [2.45, 2.75) is 99.8 Å². The highest BCUT2D eigenvalue weighted by Crippen LogP contribution is 2.71. The predicted molar refractivity (Wildman–Crippen MR) is 132 cm³/mol. The predicted octanol–water partition coefficient (Wildman–Crippen LogP) is 7.64. The molecule has 2 heteroatoms. The van der Waals surface area contributed by atoms with E-state index in [4.69, 9.17) is 0 Å². The maximum absolute atomic E-state index is 12.8. The van der Waals surface area contributed by atoms with Gasteiger partial charge in [0.1, 0.15) is 12.1 Å². The first kappa shape index (κ1) is 23.7. The van der Waals surface area contributed by atoms with E-state index in [-0.39, 0.29) is 21.7 Å². The van der Waals surface area contributed by atoms with Gasteiger partial charge < -0.3 is 0 Å². The fourth-order valence-electron chi connectivity index (χ4n) is 8.58. The summed E-state index contributed by atoms with van der Waals surface area (Å²) in [5, 5.41) is 0. The zero-order chi connectivity index (χ0) is 23.5. The van der Waals surface area contributed by atoms with Gasteiger partial charge in [0.15, 0.2) is 0 Å². The third-order valence-corrected chi connectivity index (χ3v) is 11.0. The molecule has 0 N–H and O–H groups in total. The Bertz CT molecular complexity index is 902. The van der Waals surface area contributed by atoms with Crippen LogP contribution in [-0.4, -0.2) is 12.1 Å². The topological polar surface area (TPSA) is 34.1 Å². The van der Waals surface area contributed by atoms with E-state index in [0.29, 0.717) is 23.5 Å². The monoisotopic (exact) mass is 436 g/mol. The lowest BCUT2D eigenvalue weighted by Crippen LogP contribution is -2.53. The molecule has 2 nitrogen and oxygen atoms in total. The minimum atomic E-state index is -0.225. The SMILES string of the molecule is C/C(C=O)=C\CC[C@@H](C)[C@H]1CC[C@@]2(C)C3=CC[C@@H]4C(C)(C)C(=O)CC[C@]4(C)C3=CC[C@]12C. The van der Waals surface area contributed by atoms with Crippen molar-refractivity contribution < 1.29 is 9.59 Å². The molecular weight excluding hydrogens is 392 g/mol. The van der Waals surface area contributed by atoms with Gasteiger partial charge in [-0.3, -0.25) is 9.59 Å². The molecule has 6 atom stereocenters. The van der Waals surface area contributed by atoms with E-state index in [1.54, 1.807) is 11.1 Å². The summed E-state index contributed by atoms with van der Waals surface area (Å²) >= 11 is 0. The molecule has 32 heavy (non-hydrogen) atoms. The number of carbonyl (C=O) groups is 2. The van der Waals surface area contributed by atoms with Crippen LogP contribution in [0.15, 0.2) is 34.9 Å². The molecule has 0 bridgehead atoms. The number of Topliss-reactive ketones (excluding diaryl/α,β-unsaturated/α-hetero) is 1. The summed E-state index contributed by atoms with van der Waals surface area (Å²) < 4.78 is 0. The average Bonchev–Trinajstić information content (AvgIpc) is 3.02. The number of rotatable bonds is 5. The van der Waals surface area contributed by atoms with E-state index in [1.165, 1.54) is 12.8 Å². The van der Waals surface area contributed by atoms with Crippen LogP contribution >= 0.6 is 0 Å². The van der Waals surface area contributed by atoms with E-state index in [9.17, 15) is 9.59 Å². The molecule has 0 spiro atoms. The molecule has 0 aromatic carbocycles. The molecule has 0 saturated heterocycles. The second-order valence-electron chi connectivity index (χ2n) is 12.8. The number of fused-ring (bicyclic) bond motifs is 5. The first-order valence-corrected chi connectivity index (χ1v) is 13.0. The molecule has 0 heterocycles. The van der Waals surface area contributed by atoms with Gasteiger partial charge in [-0.25, -0.2) is 0 Å². The fraction of sp³-hybridized carbons (Fsp3) is 0.733. The van der Waals surface area contributed by atoms with E-state index >= 15 is 0 Å². The van der Waals surface area contributed by atoms with Crippen LogP contribution in [0, 0.1) is 39.4 Å². The lowest BCUT2D eigenvalue weighted by Gasteiger charge is -2.59. The summed E-state index contributed by atoms with van der Waals surface area (Å²) in [4.78, 5) is 23.7. The van der Waals surface area contributed by atoms with Crippen LogP contribution in [0.25, 0.3) is 0 Å². The molecule has 176 valence electrons. The van der Waals surface area contributed by atoms with Crippen LogP contribution in [0.5, 0.6) is 0 Å². The van der Waals surface area contributed by atoms with Gasteiger partial charge in [-0.05, 0) is 103 Å². The van der Waals surface area contributed by atoms with Crippen molar-refractivity contribution in [3.05, 3.63) is 34.9 Å². The van der Waals surface area contributed by atoms with Crippen molar-refractivity contribution in [3.8, 4) is 0 Å². The van der Waals surface area contributed by atoms with E-state index in [1.807, 2.05) is 6.92 Å². The first-order valence-electron chi connectivity index (χ1n) is 13.0. The number of allylic oxidation sites excluding steroid dienone is 6. The van der Waals surface area contributed by atoms with Crippen molar-refractivity contribution in [1.29, 1.82) is 0 Å². The summed E-state index contributed by atoms with van der Waals surface area (Å²) in [6.07, 6.45) is 16.9. The van der Waals surface area contributed by atoms with Crippen LogP contribution in [0.3, 0.4) is 0 Å². The quantitative estimate of drug-likeness (QED) is 0.328. The molecule has 2 saturated carbocycles. The summed E-state index contributed by atoms with van der Waals surface area (Å²) in [6.45, 7) is 16.3. The standard InChI is InChI=1S/C30H44O2/c1-20(19-31)9-8-10-21(2)22-13-17-30(7)24-11-12-25-27(3,4)26(32)15-16-28(25,5)23(24)14-18-29(22,30)6/h9,11,14,19,21-22,25H,8,10,12-13,15-18H2,1-7H3/b20-9+/t21-,22-,25-,28-,29-,30+/m1/s1. The largest absolute Gasteiger partial charge is 0.299 e. The van der Waals surface area contributed by atoms with Crippen LogP contribution in [0.2, 0.25) is 0 Å². The normalized spacial score (nSPS) is 41.7. The number of carbonyl (C=O) groups excluding carboxylic acids is 2. The van der Waals surface area contributed by atoms with Crippen LogP contribution in [0.4, 0.5) is 0 Å². The molecule has 0 unspecified atom stereocenters. The lowest BCUT2D eigenvalue weighted by molar-refractivity contribution is -0.138. The smallest absolute Gasteiger partial charge is 0.145 e. The molecule has 2 fully saturated rings. The number of aldehydes is 1. The highest BCUT2D eigenvalue weighted by Gasteiger charge is 2.63. The van der Waals surface area contributed by atoms with Crippen molar-refractivity contribution in [3.63, 3.8) is 0 Å². The van der Waals surface area contributed by atoms with Crippen LogP contribution in [-0.2, 0) is 9.59 Å². The zero-order valence-corrected chi connectivity index (χ0v) is 21.5. The molecule has 0 aromatic heterocycles. The minimum absolute atomic E-state index is 0.132. The van der Waals surface area contributed by atoms with Gasteiger partial charge in [0.25, 0.3) is 0 Å². The molecule has 4 aliphatic rings. The highest BCUT2D eigenvalue weighted by atomic mass is 16.1. The zero-order valence-electron chi connectivity index (χ0n) is 21.5. The van der Waals surface area contributed by atoms with Gasteiger partial charge in [0.05, 0.1) is 0 Å². The molecule has 0 radical (unpaired) electrons. The first-order chi connectivity index (χ1) is 14.9. The van der Waals surface area contributed by atoms with Gasteiger partial charge in [-0.2, -0.15) is 0 Å². The van der Waals surface area contributed by atoms with Gasteiger partial charge >= 0.3 is 0 Å². The maximum Gasteiger partial charge on any atom is 0.145 e. The van der Waals surface area contributed by atoms with Gasteiger partial charge in [-0.15, -0.1) is 0 Å². The molecule has 4 rings (SSSR count). The second-order valence-corrected chi connectivity index (χ2v) is 12.8. The number of ketones is 1. The van der Waals surface area contributed by atoms with Crippen molar-refractivity contribution in [2.24, 2.45) is 39.4 Å². The molecule has 0 aromatic rings. The summed E-state index contributed by atoms with van der Waals surface area (Å²) in [5.74, 6) is 2.25. The van der Waals surface area contributed by atoms with E-state index in [2.05, 4.69) is 59.8 Å². The fourth-order valence-corrected chi connectivity index (χ4v) is 8.58. The van der Waals surface area contributed by atoms with E-state index < -0.39 is 0 Å². The van der Waals surface area contributed by atoms with Crippen molar-refractivity contribution >= 4 is 12.1 Å². The van der Waals surface area contributed by atoms with E-state index in [0.717, 1.165) is 50.4 Å². The molecule has 4 aliphatic carbocycles. The van der Waals surface area contributed by atoms with Gasteiger partial charge in [0.2, 0.25) is 0 Å². The Balaban J connectivity index is 1.64. The van der Waals surface area contributed by atoms with Gasteiger partial charge in [-0.1, -0.05) is 59.8 Å². The van der Waals surface area contributed by atoms with Crippen molar-refractivity contribution in [2.75, 3.05) is 0 Å². The third kappa shape index (κ3) is 3.18. The highest BCUT2D eigenvalue weighted by molar-refractivity contribution is 5.86. The Labute approximate surface area is 196 Å². The molecule has 0 amide bonds. The third-order valence-electron chi connectivity index (χ3n) is 11.0. The Hall–Kier alpha value is -1.44. The Morgan fingerprint density at radius 2 is 1.84 bits per heavy atom. The van der Waals surface area contributed by atoms with Crippen LogP contribution in [0.1, 0.15) is 99.8 Å². The Morgan fingerprint density at radius 3 is 2.53 bits per heavy atom. The summed E-state index contributed by atoms with van der Waals surface area (Å²) in [6, 6.07) is 0. The van der Waals surface area contributed by atoms with Crippen LogP contribution < -0.4 is 0 Å². The lowest BCUT2D eigenvalue weighted by atomic mass is 9.44. The number of hydrogen-bond donors (Lipinski definition) is 0. The average molecular weight is 437 g/mol. The summed E-state index contributed by atoms with van der Waals surface area (Å²) in [7, 11) is 0. The summed E-state index contributed by atoms with van der Waals surface area (Å²) in [5.41, 5.74) is 4.49. The maximum atomic E-state index is 12.8. The molecule has 0 aliphatic heterocycles.